The Kier molecular flexibility index (Phi) is 3.22. The lowest BCUT2D eigenvalue weighted by molar-refractivity contribution is 1.07. The van der Waals surface area contributed by atoms with Crippen LogP contribution in [0.4, 0.5) is 0 Å². The Bertz CT molecular complexity index is 621. The van der Waals surface area contributed by atoms with Crippen LogP contribution < -0.4 is 5.73 Å². The van der Waals surface area contributed by atoms with Crippen molar-refractivity contribution in [2.45, 2.75) is 19.9 Å². The lowest BCUT2D eigenvalue weighted by atomic mass is 9.96. The van der Waals surface area contributed by atoms with Crippen LogP contribution in [0.15, 0.2) is 48.0 Å². The molecular weight excluding hydrogens is 230 g/mol. The molecule has 95 valence electrons. The Hall–Kier alpha value is -1.86. The van der Waals surface area contributed by atoms with Crippen molar-refractivity contribution in [2.75, 3.05) is 0 Å². The van der Waals surface area contributed by atoms with Crippen LogP contribution in [0.25, 0.3) is 17.2 Å². The molecule has 0 amide bonds. The second kappa shape index (κ2) is 5.02. The van der Waals surface area contributed by atoms with Crippen LogP contribution in [0.2, 0.25) is 0 Å². The van der Waals surface area contributed by atoms with Crippen molar-refractivity contribution in [1.82, 2.24) is 0 Å². The first-order chi connectivity index (χ1) is 9.31. The maximum Gasteiger partial charge on any atom is 0.0178 e. The Morgan fingerprint density at radius 1 is 1.00 bits per heavy atom. The van der Waals surface area contributed by atoms with E-state index in [0.717, 1.165) is 6.42 Å². The predicted octanol–water partition coefficient (Wildman–Crippen LogP) is 4.17. The minimum atomic E-state index is 0.598. The SMILES string of the molecule is CCC1=Cc2c(cccc2-c2ccc(CN)cc2)[CH]1. The first-order valence-corrected chi connectivity index (χ1v) is 6.79. The fraction of sp³-hybridized carbons (Fsp3) is 0.167. The molecule has 2 N–H and O–H groups in total. The summed E-state index contributed by atoms with van der Waals surface area (Å²) in [5.74, 6) is 0. The molecule has 0 atom stereocenters. The topological polar surface area (TPSA) is 26.0 Å². The lowest BCUT2D eigenvalue weighted by Crippen LogP contribution is -1.95. The molecule has 0 aliphatic heterocycles. The highest BCUT2D eigenvalue weighted by molar-refractivity contribution is 5.83. The number of allylic oxidation sites excluding steroid dienone is 1. The number of hydrogen-bond donors (Lipinski definition) is 1. The summed E-state index contributed by atoms with van der Waals surface area (Å²) in [5.41, 5.74) is 13.5. The first-order valence-electron chi connectivity index (χ1n) is 6.79. The Balaban J connectivity index is 2.06. The number of rotatable bonds is 3. The lowest BCUT2D eigenvalue weighted by Gasteiger charge is -2.08. The first kappa shape index (κ1) is 12.2. The van der Waals surface area contributed by atoms with E-state index in [4.69, 9.17) is 5.73 Å². The molecule has 1 nitrogen and oxygen atoms in total. The van der Waals surface area contributed by atoms with Gasteiger partial charge in [-0.1, -0.05) is 61.0 Å². The molecule has 0 saturated carbocycles. The molecule has 1 radical (unpaired) electrons. The van der Waals surface area contributed by atoms with Crippen LogP contribution in [0.1, 0.15) is 30.0 Å². The number of nitrogens with two attached hydrogens (primary N) is 1. The molecular formula is C18H18N. The smallest absolute Gasteiger partial charge is 0.0178 e. The molecule has 1 heteroatoms. The van der Waals surface area contributed by atoms with Gasteiger partial charge < -0.3 is 5.73 Å². The third kappa shape index (κ3) is 2.22. The van der Waals surface area contributed by atoms with Gasteiger partial charge in [0.15, 0.2) is 0 Å². The monoisotopic (exact) mass is 248 g/mol. The molecule has 0 bridgehead atoms. The molecule has 0 aromatic heterocycles. The van der Waals surface area contributed by atoms with Crippen molar-refractivity contribution in [1.29, 1.82) is 0 Å². The van der Waals surface area contributed by atoms with Crippen molar-refractivity contribution >= 4 is 6.08 Å². The summed E-state index contributed by atoms with van der Waals surface area (Å²) in [6.07, 6.45) is 5.68. The van der Waals surface area contributed by atoms with Gasteiger partial charge >= 0.3 is 0 Å². The van der Waals surface area contributed by atoms with Crippen LogP contribution >= 0.6 is 0 Å². The average molecular weight is 248 g/mol. The van der Waals surface area contributed by atoms with Gasteiger partial charge in [-0.2, -0.15) is 0 Å². The van der Waals surface area contributed by atoms with E-state index in [2.05, 4.69) is 61.9 Å². The van der Waals surface area contributed by atoms with E-state index >= 15 is 0 Å². The summed E-state index contributed by atoms with van der Waals surface area (Å²) in [7, 11) is 0. The fourth-order valence-electron chi connectivity index (χ4n) is 2.57. The maximum atomic E-state index is 5.65. The van der Waals surface area contributed by atoms with Gasteiger partial charge in [-0.05, 0) is 34.2 Å². The largest absolute Gasteiger partial charge is 0.326 e. The molecule has 0 heterocycles. The second-order valence-electron chi connectivity index (χ2n) is 4.93. The van der Waals surface area contributed by atoms with Crippen LogP contribution in [-0.4, -0.2) is 0 Å². The molecule has 2 aromatic carbocycles. The average Bonchev–Trinajstić information content (AvgIpc) is 2.90. The van der Waals surface area contributed by atoms with Gasteiger partial charge in [0.1, 0.15) is 0 Å². The van der Waals surface area contributed by atoms with E-state index < -0.39 is 0 Å². The van der Waals surface area contributed by atoms with E-state index in [1.54, 1.807) is 0 Å². The van der Waals surface area contributed by atoms with Crippen LogP contribution in [-0.2, 0) is 6.54 Å². The van der Waals surface area contributed by atoms with Gasteiger partial charge in [0.25, 0.3) is 0 Å². The normalized spacial score (nSPS) is 13.3. The zero-order chi connectivity index (χ0) is 13.2. The number of benzene rings is 2. The quantitative estimate of drug-likeness (QED) is 0.866. The molecule has 1 aliphatic carbocycles. The summed E-state index contributed by atoms with van der Waals surface area (Å²) in [6, 6.07) is 15.1. The van der Waals surface area contributed by atoms with Crippen molar-refractivity contribution < 1.29 is 0 Å². The van der Waals surface area contributed by atoms with E-state index in [1.165, 1.54) is 33.4 Å². The standard InChI is InChI=1S/C18H18N/c1-2-13-10-16-4-3-5-17(18(16)11-13)15-8-6-14(12-19)7-9-15/h3-11H,2,12,19H2,1H3. The zero-order valence-electron chi connectivity index (χ0n) is 11.2. The number of fused-ring (bicyclic) bond motifs is 1. The highest BCUT2D eigenvalue weighted by Gasteiger charge is 2.15. The Labute approximate surface area is 114 Å². The molecule has 1 aliphatic rings. The summed E-state index contributed by atoms with van der Waals surface area (Å²) in [5, 5.41) is 0. The van der Waals surface area contributed by atoms with Crippen molar-refractivity contribution in [2.24, 2.45) is 5.73 Å². The Morgan fingerprint density at radius 2 is 1.79 bits per heavy atom. The Morgan fingerprint density at radius 3 is 2.47 bits per heavy atom. The van der Waals surface area contributed by atoms with Gasteiger partial charge in [-0.25, -0.2) is 0 Å². The molecule has 19 heavy (non-hydrogen) atoms. The highest BCUT2D eigenvalue weighted by Crippen LogP contribution is 2.35. The van der Waals surface area contributed by atoms with E-state index in [1.807, 2.05) is 0 Å². The van der Waals surface area contributed by atoms with Gasteiger partial charge in [0.2, 0.25) is 0 Å². The van der Waals surface area contributed by atoms with E-state index in [-0.39, 0.29) is 0 Å². The highest BCUT2D eigenvalue weighted by atomic mass is 14.5. The predicted molar refractivity (Wildman–Crippen MR) is 81.4 cm³/mol. The van der Waals surface area contributed by atoms with Crippen LogP contribution in [0.3, 0.4) is 0 Å². The fourth-order valence-corrected chi connectivity index (χ4v) is 2.57. The molecule has 2 aromatic rings. The van der Waals surface area contributed by atoms with Gasteiger partial charge in [0, 0.05) is 13.0 Å². The van der Waals surface area contributed by atoms with Crippen molar-refractivity contribution in [3.8, 4) is 11.1 Å². The number of hydrogen-bond acceptors (Lipinski definition) is 1. The van der Waals surface area contributed by atoms with Crippen LogP contribution in [0.5, 0.6) is 0 Å². The van der Waals surface area contributed by atoms with E-state index in [9.17, 15) is 0 Å². The third-order valence-corrected chi connectivity index (χ3v) is 3.72. The van der Waals surface area contributed by atoms with Gasteiger partial charge in [-0.15, -0.1) is 0 Å². The third-order valence-electron chi connectivity index (χ3n) is 3.72. The minimum absolute atomic E-state index is 0.598. The summed E-state index contributed by atoms with van der Waals surface area (Å²) in [4.78, 5) is 0. The van der Waals surface area contributed by atoms with Crippen LogP contribution in [0, 0.1) is 6.42 Å². The summed E-state index contributed by atoms with van der Waals surface area (Å²) >= 11 is 0. The second-order valence-corrected chi connectivity index (χ2v) is 4.93. The van der Waals surface area contributed by atoms with Crippen molar-refractivity contribution in [3.63, 3.8) is 0 Å². The molecule has 3 rings (SSSR count). The molecule has 0 unspecified atom stereocenters. The summed E-state index contributed by atoms with van der Waals surface area (Å²) < 4.78 is 0. The van der Waals surface area contributed by atoms with E-state index in [0.29, 0.717) is 6.54 Å². The zero-order valence-corrected chi connectivity index (χ0v) is 11.2. The van der Waals surface area contributed by atoms with Gasteiger partial charge in [0.05, 0.1) is 0 Å². The van der Waals surface area contributed by atoms with Gasteiger partial charge in [-0.3, -0.25) is 0 Å². The van der Waals surface area contributed by atoms with Crippen molar-refractivity contribution in [3.05, 3.63) is 71.1 Å². The molecule has 0 fully saturated rings. The maximum absolute atomic E-state index is 5.65. The molecule has 0 spiro atoms. The molecule has 0 saturated heterocycles. The minimum Gasteiger partial charge on any atom is -0.326 e. The summed E-state index contributed by atoms with van der Waals surface area (Å²) in [6.45, 7) is 2.80.